The average molecular weight is 574 g/mol. The first-order chi connectivity index (χ1) is 19.5. The molecule has 0 atom stereocenters. The highest BCUT2D eigenvalue weighted by atomic mass is 16.2. The number of anilines is 1. The maximum atomic E-state index is 12.5. The molecule has 10 heteroatoms. The molecule has 0 aliphatic carbocycles. The first-order valence-electron chi connectivity index (χ1n) is 14.5. The molecule has 0 saturated carbocycles. The highest BCUT2D eigenvalue weighted by molar-refractivity contribution is 6.39. The molecule has 0 heterocycles. The Balaban J connectivity index is -0.000000853. The van der Waals surface area contributed by atoms with Crippen molar-refractivity contribution in [2.75, 3.05) is 46.5 Å². The number of amidine groups is 1. The third kappa shape index (κ3) is 22.0. The number of nitrogen functional groups attached to an aromatic ring is 1. The molecule has 0 aromatic heterocycles. The number of hydrogen-bond donors (Lipinski definition) is 3. The lowest BCUT2D eigenvalue weighted by atomic mass is 10.1. The summed E-state index contributed by atoms with van der Waals surface area (Å²) >= 11 is 0. The summed E-state index contributed by atoms with van der Waals surface area (Å²) in [6, 6.07) is 5.66. The van der Waals surface area contributed by atoms with Crippen molar-refractivity contribution in [3.05, 3.63) is 40.6 Å². The SMILES string of the molecule is CCC.CCC.CCCN(CCC)C/C(C)=C(/N=NC)C(=O)N/N=C/c1ccc(C)cc1N.CN=C(C)C(N)=NC. The van der Waals surface area contributed by atoms with Gasteiger partial charge in [-0.2, -0.15) is 15.3 Å². The van der Waals surface area contributed by atoms with Gasteiger partial charge in [0.2, 0.25) is 0 Å². The first kappa shape index (κ1) is 42.1. The van der Waals surface area contributed by atoms with Crippen LogP contribution in [0.25, 0.3) is 0 Å². The van der Waals surface area contributed by atoms with Gasteiger partial charge in [0.25, 0.3) is 5.91 Å². The third-order valence-corrected chi connectivity index (χ3v) is 4.92. The summed E-state index contributed by atoms with van der Waals surface area (Å²) in [6.45, 7) is 21.1. The van der Waals surface area contributed by atoms with Crippen LogP contribution in [0.4, 0.5) is 5.69 Å². The number of carbonyl (C=O) groups excluding carboxylic acids is 1. The van der Waals surface area contributed by atoms with Crippen LogP contribution < -0.4 is 16.9 Å². The number of azo groups is 1. The van der Waals surface area contributed by atoms with Crippen molar-refractivity contribution in [3.8, 4) is 0 Å². The smallest absolute Gasteiger partial charge is 0.291 e. The van der Waals surface area contributed by atoms with Crippen molar-refractivity contribution in [2.24, 2.45) is 31.0 Å². The molecule has 41 heavy (non-hydrogen) atoms. The van der Waals surface area contributed by atoms with Gasteiger partial charge in [0.15, 0.2) is 5.70 Å². The lowest BCUT2D eigenvalue weighted by molar-refractivity contribution is -0.117. The van der Waals surface area contributed by atoms with E-state index in [1.54, 1.807) is 21.1 Å². The number of nitrogens with zero attached hydrogens (tertiary/aromatic N) is 6. The molecule has 1 aromatic carbocycles. The average Bonchev–Trinajstić information content (AvgIpc) is 2.93. The van der Waals surface area contributed by atoms with Crippen LogP contribution in [0, 0.1) is 6.92 Å². The molecule has 0 radical (unpaired) electrons. The maximum absolute atomic E-state index is 12.5. The van der Waals surface area contributed by atoms with E-state index in [4.69, 9.17) is 11.5 Å². The molecule has 234 valence electrons. The van der Waals surface area contributed by atoms with E-state index < -0.39 is 0 Å². The molecule has 0 aliphatic rings. The van der Waals surface area contributed by atoms with Crippen molar-refractivity contribution in [2.45, 2.75) is 88.0 Å². The van der Waals surface area contributed by atoms with Crippen molar-refractivity contribution >= 4 is 29.4 Å². The van der Waals surface area contributed by atoms with Crippen molar-refractivity contribution in [1.29, 1.82) is 0 Å². The summed E-state index contributed by atoms with van der Waals surface area (Å²) in [5.74, 6) is 0.125. The van der Waals surface area contributed by atoms with Gasteiger partial charge in [0.05, 0.1) is 11.9 Å². The summed E-state index contributed by atoms with van der Waals surface area (Å²) in [6.07, 6.45) is 6.15. The van der Waals surface area contributed by atoms with Crippen LogP contribution in [0.5, 0.6) is 0 Å². The number of hydrogen-bond acceptors (Lipinski definition) is 8. The fourth-order valence-electron chi connectivity index (χ4n) is 3.04. The van der Waals surface area contributed by atoms with Crippen LogP contribution in [0.2, 0.25) is 0 Å². The van der Waals surface area contributed by atoms with Crippen molar-refractivity contribution in [3.63, 3.8) is 0 Å². The fourth-order valence-corrected chi connectivity index (χ4v) is 3.04. The number of nitrogens with two attached hydrogens (primary N) is 2. The third-order valence-electron chi connectivity index (χ3n) is 4.92. The summed E-state index contributed by atoms with van der Waals surface area (Å²) in [7, 11) is 4.88. The summed E-state index contributed by atoms with van der Waals surface area (Å²) in [5, 5.41) is 11.8. The minimum atomic E-state index is -0.381. The van der Waals surface area contributed by atoms with E-state index in [0.717, 1.165) is 48.3 Å². The predicted molar refractivity (Wildman–Crippen MR) is 180 cm³/mol. The quantitative estimate of drug-likeness (QED) is 0.0701. The highest BCUT2D eigenvalue weighted by Crippen LogP contribution is 2.12. The monoisotopic (exact) mass is 573 g/mol. The van der Waals surface area contributed by atoms with Gasteiger partial charge < -0.3 is 11.5 Å². The number of aliphatic imine (C=N–C) groups is 2. The van der Waals surface area contributed by atoms with Gasteiger partial charge in [0.1, 0.15) is 5.84 Å². The van der Waals surface area contributed by atoms with E-state index in [9.17, 15) is 4.79 Å². The molecular weight excluding hydrogens is 514 g/mol. The number of aryl methyl sites for hydroxylation is 1. The van der Waals surface area contributed by atoms with Gasteiger partial charge in [-0.1, -0.05) is 66.5 Å². The molecule has 10 nitrogen and oxygen atoms in total. The Morgan fingerprint density at radius 2 is 1.49 bits per heavy atom. The summed E-state index contributed by atoms with van der Waals surface area (Å²) < 4.78 is 0. The summed E-state index contributed by atoms with van der Waals surface area (Å²) in [4.78, 5) is 22.4. The van der Waals surface area contributed by atoms with E-state index in [1.165, 1.54) is 19.1 Å². The largest absolute Gasteiger partial charge is 0.398 e. The van der Waals surface area contributed by atoms with Gasteiger partial charge in [-0.25, -0.2) is 5.43 Å². The van der Waals surface area contributed by atoms with Crippen molar-refractivity contribution in [1.82, 2.24) is 10.3 Å². The van der Waals surface area contributed by atoms with Crippen LogP contribution in [0.1, 0.15) is 92.2 Å². The molecule has 0 bridgehead atoms. The number of amides is 1. The van der Waals surface area contributed by atoms with Gasteiger partial charge in [-0.05, 0) is 63.9 Å². The van der Waals surface area contributed by atoms with Crippen LogP contribution in [-0.2, 0) is 4.79 Å². The Labute approximate surface area is 250 Å². The Hall–Kier alpha value is -3.40. The van der Waals surface area contributed by atoms with E-state index >= 15 is 0 Å². The molecule has 5 N–H and O–H groups in total. The Morgan fingerprint density at radius 1 is 0.951 bits per heavy atom. The molecule has 0 saturated heterocycles. The second-order valence-electron chi connectivity index (χ2n) is 9.37. The van der Waals surface area contributed by atoms with Crippen molar-refractivity contribution < 1.29 is 4.79 Å². The van der Waals surface area contributed by atoms with Crippen LogP contribution >= 0.6 is 0 Å². The topological polar surface area (TPSA) is 146 Å². The zero-order chi connectivity index (χ0) is 32.2. The minimum absolute atomic E-state index is 0.295. The number of rotatable bonds is 11. The lowest BCUT2D eigenvalue weighted by Crippen LogP contribution is -2.29. The number of carbonyl (C=O) groups is 1. The Morgan fingerprint density at radius 3 is 1.88 bits per heavy atom. The van der Waals surface area contributed by atoms with E-state index in [2.05, 4.69) is 77.2 Å². The molecular formula is C31H59N9O. The van der Waals surface area contributed by atoms with E-state index in [0.29, 0.717) is 23.8 Å². The molecule has 0 fully saturated rings. The lowest BCUT2D eigenvalue weighted by Gasteiger charge is -2.21. The zero-order valence-corrected chi connectivity index (χ0v) is 28.0. The number of hydrazone groups is 1. The molecule has 0 unspecified atom stereocenters. The second kappa shape index (κ2) is 28.1. The van der Waals surface area contributed by atoms with Crippen LogP contribution in [0.3, 0.4) is 0 Å². The summed E-state index contributed by atoms with van der Waals surface area (Å²) in [5.41, 5.74) is 18.2. The second-order valence-corrected chi connectivity index (χ2v) is 9.37. The van der Waals surface area contributed by atoms with Crippen LogP contribution in [0.15, 0.2) is 54.8 Å². The van der Waals surface area contributed by atoms with E-state index in [1.807, 2.05) is 39.0 Å². The van der Waals surface area contributed by atoms with Gasteiger partial charge in [-0.15, -0.1) is 0 Å². The molecule has 1 amide bonds. The number of nitrogens with one attached hydrogen (secondary N) is 1. The highest BCUT2D eigenvalue weighted by Gasteiger charge is 2.14. The Bertz CT molecular complexity index is 956. The van der Waals surface area contributed by atoms with E-state index in [-0.39, 0.29) is 5.91 Å². The maximum Gasteiger partial charge on any atom is 0.291 e. The number of benzene rings is 1. The zero-order valence-electron chi connectivity index (χ0n) is 28.0. The van der Waals surface area contributed by atoms with Gasteiger partial charge in [0, 0.05) is 38.9 Å². The first-order valence-corrected chi connectivity index (χ1v) is 14.5. The van der Waals surface area contributed by atoms with Gasteiger partial charge in [-0.3, -0.25) is 19.7 Å². The fraction of sp³-hybridized carbons (Fsp3) is 0.613. The Kier molecular flexibility index (Phi) is 28.9. The standard InChI is InChI=1S/C20H32N6O.C5H11N3.2C3H8/c1-6-10-26(11-7-2)14-16(4)19(24-22-5)20(27)25-23-13-17-9-8-15(3)12-18(17)21;1-4(7-2)5(6)8-3;2*1-3-2/h8-9,12-13H,6-7,10-11,14,21H2,1-5H3,(H,25,27);1-3H3,(H2,6,8);2*3H2,1-2H3/b19-16+,23-13+,24-22?;;;. The minimum Gasteiger partial charge on any atom is -0.398 e. The normalized spacial score (nSPS) is 12.1. The predicted octanol–water partition coefficient (Wildman–Crippen LogP) is 6.40. The van der Waals surface area contributed by atoms with Gasteiger partial charge >= 0.3 is 0 Å². The molecule has 1 rings (SSSR count). The molecule has 0 spiro atoms. The van der Waals surface area contributed by atoms with Crippen LogP contribution in [-0.4, -0.2) is 69.3 Å². The molecule has 1 aromatic rings. The molecule has 0 aliphatic heterocycles.